The summed E-state index contributed by atoms with van der Waals surface area (Å²) < 4.78 is 40.3. The summed E-state index contributed by atoms with van der Waals surface area (Å²) in [5.74, 6) is 0. The van der Waals surface area contributed by atoms with Crippen LogP contribution < -0.4 is 0 Å². The molecule has 3 rings (SSSR count). The molecule has 0 aliphatic carbocycles. The zero-order valence-corrected chi connectivity index (χ0v) is 12.5. The fourth-order valence-corrected chi connectivity index (χ4v) is 2.75. The van der Waals surface area contributed by atoms with Crippen LogP contribution >= 0.6 is 0 Å². The van der Waals surface area contributed by atoms with Gasteiger partial charge >= 0.3 is 6.18 Å². The molecule has 5 nitrogen and oxygen atoms in total. The van der Waals surface area contributed by atoms with Gasteiger partial charge in [-0.25, -0.2) is 4.68 Å². The Balaban J connectivity index is 1.75. The van der Waals surface area contributed by atoms with Crippen LogP contribution in [-0.2, 0) is 0 Å². The fraction of sp³-hybridized carbons (Fsp3) is 0.467. The molecular weight excluding hydrogens is 309 g/mol. The first-order valence-electron chi connectivity index (χ1n) is 7.31. The Morgan fingerprint density at radius 1 is 1.26 bits per heavy atom. The zero-order valence-electron chi connectivity index (χ0n) is 12.5. The van der Waals surface area contributed by atoms with E-state index in [2.05, 4.69) is 10.3 Å². The van der Waals surface area contributed by atoms with E-state index >= 15 is 0 Å². The molecule has 2 heterocycles. The molecule has 1 aliphatic heterocycles. The fourth-order valence-electron chi connectivity index (χ4n) is 2.75. The highest BCUT2D eigenvalue weighted by molar-refractivity contribution is 5.30. The minimum atomic E-state index is -4.62. The highest BCUT2D eigenvalue weighted by atomic mass is 19.4. The van der Waals surface area contributed by atoms with Crippen LogP contribution in [0.2, 0.25) is 0 Å². The van der Waals surface area contributed by atoms with Gasteiger partial charge in [-0.15, -0.1) is 5.10 Å². The van der Waals surface area contributed by atoms with E-state index in [0.29, 0.717) is 5.69 Å². The van der Waals surface area contributed by atoms with E-state index in [-0.39, 0.29) is 19.0 Å². The zero-order chi connectivity index (χ0) is 16.7. The van der Waals surface area contributed by atoms with E-state index in [9.17, 15) is 18.3 Å². The van der Waals surface area contributed by atoms with Gasteiger partial charge in [-0.05, 0) is 25.5 Å². The predicted octanol–water partition coefficient (Wildman–Crippen LogP) is 2.33. The van der Waals surface area contributed by atoms with Gasteiger partial charge in [-0.2, -0.15) is 13.2 Å². The van der Waals surface area contributed by atoms with E-state index in [0.717, 1.165) is 5.69 Å². The van der Waals surface area contributed by atoms with Crippen LogP contribution in [0, 0.1) is 0 Å². The van der Waals surface area contributed by atoms with Crippen molar-refractivity contribution in [1.29, 1.82) is 0 Å². The first kappa shape index (κ1) is 15.9. The molecule has 23 heavy (non-hydrogen) atoms. The van der Waals surface area contributed by atoms with Crippen molar-refractivity contribution >= 4 is 0 Å². The van der Waals surface area contributed by atoms with Gasteiger partial charge < -0.3 is 5.11 Å². The number of hydrogen-bond acceptors (Lipinski definition) is 4. The molecule has 0 unspecified atom stereocenters. The number of aliphatic hydroxyl groups is 1. The number of benzene rings is 1. The lowest BCUT2D eigenvalue weighted by atomic mass is 10.0. The van der Waals surface area contributed by atoms with Crippen molar-refractivity contribution in [3.63, 3.8) is 0 Å². The summed E-state index contributed by atoms with van der Waals surface area (Å²) >= 11 is 0. The van der Waals surface area contributed by atoms with Crippen molar-refractivity contribution in [3.8, 4) is 5.69 Å². The average Bonchev–Trinajstić information content (AvgIpc) is 3.14. The molecule has 8 heteroatoms. The van der Waals surface area contributed by atoms with E-state index in [1.54, 1.807) is 22.7 Å². The Kier molecular flexibility index (Phi) is 3.89. The molecule has 1 N–H and O–H groups in total. The Morgan fingerprint density at radius 3 is 2.57 bits per heavy atom. The van der Waals surface area contributed by atoms with Crippen LogP contribution in [-0.4, -0.2) is 49.9 Å². The minimum absolute atomic E-state index is 0.162. The Hall–Kier alpha value is -1.93. The topological polar surface area (TPSA) is 54.2 Å². The first-order valence-corrected chi connectivity index (χ1v) is 7.31. The van der Waals surface area contributed by atoms with Gasteiger partial charge in [0.2, 0.25) is 0 Å². The number of nitrogens with zero attached hydrogens (tertiary/aromatic N) is 4. The monoisotopic (exact) mass is 326 g/mol. The standard InChI is InChI=1S/C15H17F3N4O/c1-11(21-8-7-14(23,10-21)15(16,17)18)13-9-22(20-19-13)12-5-3-2-4-6-12/h2-6,9,11,23H,7-8,10H2,1H3/t11-,14-/m1/s1. The second-order valence-corrected chi connectivity index (χ2v) is 5.85. The molecule has 2 aromatic rings. The van der Waals surface area contributed by atoms with Gasteiger partial charge in [0.25, 0.3) is 0 Å². The van der Waals surface area contributed by atoms with Gasteiger partial charge in [0.05, 0.1) is 23.6 Å². The third kappa shape index (κ3) is 2.96. The molecule has 1 aliphatic rings. The second kappa shape index (κ2) is 5.61. The van der Waals surface area contributed by atoms with Crippen LogP contribution in [0.1, 0.15) is 25.1 Å². The van der Waals surface area contributed by atoms with Crippen LogP contribution in [0.15, 0.2) is 36.5 Å². The van der Waals surface area contributed by atoms with Crippen molar-refractivity contribution in [3.05, 3.63) is 42.2 Å². The number of halogens is 3. The normalized spacial score (nSPS) is 24.0. The molecule has 1 aromatic heterocycles. The minimum Gasteiger partial charge on any atom is -0.379 e. The molecule has 0 spiro atoms. The lowest BCUT2D eigenvalue weighted by molar-refractivity contribution is -0.254. The number of para-hydroxylation sites is 1. The van der Waals surface area contributed by atoms with Gasteiger partial charge in [-0.3, -0.25) is 4.90 Å². The van der Waals surface area contributed by atoms with Gasteiger partial charge in [0.1, 0.15) is 0 Å². The van der Waals surface area contributed by atoms with Gasteiger partial charge in [0, 0.05) is 13.1 Å². The van der Waals surface area contributed by atoms with Gasteiger partial charge in [0.15, 0.2) is 5.60 Å². The number of hydrogen-bond donors (Lipinski definition) is 1. The van der Waals surface area contributed by atoms with Crippen molar-refractivity contribution in [2.75, 3.05) is 13.1 Å². The summed E-state index contributed by atoms with van der Waals surface area (Å²) in [6.07, 6.45) is -3.25. The second-order valence-electron chi connectivity index (χ2n) is 5.85. The van der Waals surface area contributed by atoms with Crippen LogP contribution in [0.25, 0.3) is 5.69 Å². The number of β-amino-alcohol motifs (C(OH)–C–C–N with tert-alkyl or cyclic N) is 1. The maximum atomic E-state index is 12.9. The SMILES string of the molecule is C[C@H](c1cn(-c2ccccc2)nn1)N1CC[C@](O)(C(F)(F)F)C1. The van der Waals surface area contributed by atoms with Crippen molar-refractivity contribution in [2.45, 2.75) is 31.2 Å². The van der Waals surface area contributed by atoms with Gasteiger partial charge in [-0.1, -0.05) is 23.4 Å². The summed E-state index contributed by atoms with van der Waals surface area (Å²) in [6, 6.07) is 8.98. The lowest BCUT2D eigenvalue weighted by Gasteiger charge is -2.27. The molecule has 0 radical (unpaired) electrons. The Morgan fingerprint density at radius 2 is 1.96 bits per heavy atom. The third-order valence-corrected chi connectivity index (χ3v) is 4.31. The summed E-state index contributed by atoms with van der Waals surface area (Å²) in [7, 11) is 0. The maximum Gasteiger partial charge on any atom is 0.418 e. The smallest absolute Gasteiger partial charge is 0.379 e. The maximum absolute atomic E-state index is 12.9. The number of alkyl halides is 3. The molecule has 0 amide bonds. The number of rotatable bonds is 3. The summed E-state index contributed by atoms with van der Waals surface area (Å²) in [5.41, 5.74) is -1.25. The Labute approximate surface area is 131 Å². The molecule has 124 valence electrons. The molecule has 0 bridgehead atoms. The van der Waals surface area contributed by atoms with Crippen LogP contribution in [0.3, 0.4) is 0 Å². The molecular formula is C15H17F3N4O. The van der Waals surface area contributed by atoms with E-state index in [4.69, 9.17) is 0 Å². The summed E-state index contributed by atoms with van der Waals surface area (Å²) in [6.45, 7) is 1.48. The van der Waals surface area contributed by atoms with Crippen molar-refractivity contribution < 1.29 is 18.3 Å². The van der Waals surface area contributed by atoms with Crippen LogP contribution in [0.5, 0.6) is 0 Å². The van der Waals surface area contributed by atoms with E-state index in [1.165, 1.54) is 0 Å². The largest absolute Gasteiger partial charge is 0.418 e. The molecule has 1 saturated heterocycles. The quantitative estimate of drug-likeness (QED) is 0.940. The highest BCUT2D eigenvalue weighted by Gasteiger charge is 2.57. The number of likely N-dealkylation sites (tertiary alicyclic amines) is 1. The highest BCUT2D eigenvalue weighted by Crippen LogP contribution is 2.40. The lowest BCUT2D eigenvalue weighted by Crippen LogP contribution is -2.47. The Bertz CT molecular complexity index is 673. The first-order chi connectivity index (χ1) is 10.8. The molecule has 2 atom stereocenters. The van der Waals surface area contributed by atoms with Crippen molar-refractivity contribution in [1.82, 2.24) is 19.9 Å². The van der Waals surface area contributed by atoms with E-state index < -0.39 is 18.3 Å². The predicted molar refractivity (Wildman–Crippen MR) is 77.0 cm³/mol. The average molecular weight is 326 g/mol. The van der Waals surface area contributed by atoms with E-state index in [1.807, 2.05) is 30.3 Å². The summed E-state index contributed by atoms with van der Waals surface area (Å²) in [5, 5.41) is 17.8. The van der Waals surface area contributed by atoms with Crippen LogP contribution in [0.4, 0.5) is 13.2 Å². The number of aromatic nitrogens is 3. The third-order valence-electron chi connectivity index (χ3n) is 4.31. The molecule has 0 saturated carbocycles. The van der Waals surface area contributed by atoms with Crippen molar-refractivity contribution in [2.24, 2.45) is 0 Å². The molecule has 1 fully saturated rings. The molecule has 1 aromatic carbocycles. The summed E-state index contributed by atoms with van der Waals surface area (Å²) in [4.78, 5) is 1.58.